The number of benzene rings is 1. The minimum Gasteiger partial charge on any atom is -0.333 e. The lowest BCUT2D eigenvalue weighted by molar-refractivity contribution is 0.0766. The van der Waals surface area contributed by atoms with Crippen LogP contribution in [0.2, 0.25) is 0 Å². The highest BCUT2D eigenvalue weighted by atomic mass is 16.2. The van der Waals surface area contributed by atoms with E-state index in [0.29, 0.717) is 12.2 Å². The molecular formula is C19H22N4O. The number of amides is 1. The van der Waals surface area contributed by atoms with E-state index in [1.54, 1.807) is 0 Å². The van der Waals surface area contributed by atoms with Crippen LogP contribution in [0.25, 0.3) is 5.57 Å². The number of likely N-dealkylation sites (N-methyl/N-ethyl adjacent to an activating group) is 1. The van der Waals surface area contributed by atoms with Crippen LogP contribution in [0.1, 0.15) is 28.2 Å². The number of hydrogen-bond donors (Lipinski definition) is 0. The zero-order valence-electron chi connectivity index (χ0n) is 14.0. The fourth-order valence-corrected chi connectivity index (χ4v) is 3.43. The van der Waals surface area contributed by atoms with Gasteiger partial charge < -0.3 is 4.90 Å². The van der Waals surface area contributed by atoms with Crippen molar-refractivity contribution in [3.05, 3.63) is 59.4 Å². The van der Waals surface area contributed by atoms with Crippen molar-refractivity contribution in [1.82, 2.24) is 19.6 Å². The van der Waals surface area contributed by atoms with E-state index in [9.17, 15) is 4.79 Å². The van der Waals surface area contributed by atoms with Crippen LogP contribution in [0.5, 0.6) is 0 Å². The van der Waals surface area contributed by atoms with Gasteiger partial charge in [-0.05, 0) is 30.7 Å². The lowest BCUT2D eigenvalue weighted by Crippen LogP contribution is -2.35. The highest BCUT2D eigenvalue weighted by Crippen LogP contribution is 2.23. The molecule has 4 rings (SSSR count). The van der Waals surface area contributed by atoms with Crippen LogP contribution in [0.4, 0.5) is 0 Å². The van der Waals surface area contributed by atoms with E-state index in [2.05, 4.69) is 47.4 Å². The largest absolute Gasteiger partial charge is 0.333 e. The third kappa shape index (κ3) is 2.87. The number of carbonyl (C=O) groups excluding carboxylic acids is 1. The fraction of sp³-hybridized carbons (Fsp3) is 0.368. The molecule has 0 saturated heterocycles. The third-order valence-corrected chi connectivity index (χ3v) is 4.85. The molecular weight excluding hydrogens is 300 g/mol. The standard InChI is InChI=1S/C19H22N4O/c1-21-11-12-23-17(14-21)13-18(20-23)19(24)22-9-7-16(8-10-22)15-5-3-2-4-6-15/h2-7,13H,8-12,14H2,1H3. The van der Waals surface area contributed by atoms with Gasteiger partial charge in [0, 0.05) is 26.2 Å². The third-order valence-electron chi connectivity index (χ3n) is 4.85. The second-order valence-corrected chi connectivity index (χ2v) is 6.58. The molecule has 3 heterocycles. The van der Waals surface area contributed by atoms with E-state index in [-0.39, 0.29) is 5.91 Å². The SMILES string of the molecule is CN1CCn2nc(C(=O)N3CC=C(c4ccccc4)CC3)cc2C1. The van der Waals surface area contributed by atoms with Crippen molar-refractivity contribution in [2.24, 2.45) is 0 Å². The lowest BCUT2D eigenvalue weighted by Gasteiger charge is -2.26. The Bertz CT molecular complexity index is 778. The van der Waals surface area contributed by atoms with Gasteiger partial charge in [-0.3, -0.25) is 14.4 Å². The molecule has 0 atom stereocenters. The molecule has 0 bridgehead atoms. The average molecular weight is 322 g/mol. The number of hydrogen-bond acceptors (Lipinski definition) is 3. The molecule has 124 valence electrons. The van der Waals surface area contributed by atoms with Crippen molar-refractivity contribution in [1.29, 1.82) is 0 Å². The molecule has 0 aliphatic carbocycles. The summed E-state index contributed by atoms with van der Waals surface area (Å²) in [6, 6.07) is 12.3. The molecule has 2 aliphatic heterocycles. The van der Waals surface area contributed by atoms with Gasteiger partial charge in [0.1, 0.15) is 0 Å². The number of rotatable bonds is 2. The van der Waals surface area contributed by atoms with Crippen molar-refractivity contribution in [2.45, 2.75) is 19.5 Å². The van der Waals surface area contributed by atoms with Crippen molar-refractivity contribution in [3.63, 3.8) is 0 Å². The monoisotopic (exact) mass is 322 g/mol. The Morgan fingerprint density at radius 3 is 2.71 bits per heavy atom. The van der Waals surface area contributed by atoms with Crippen molar-refractivity contribution >= 4 is 11.5 Å². The summed E-state index contributed by atoms with van der Waals surface area (Å²) in [6.45, 7) is 4.11. The van der Waals surface area contributed by atoms with Crippen molar-refractivity contribution < 1.29 is 4.79 Å². The van der Waals surface area contributed by atoms with Crippen molar-refractivity contribution in [3.8, 4) is 0 Å². The Labute approximate surface area is 142 Å². The highest BCUT2D eigenvalue weighted by Gasteiger charge is 2.24. The Morgan fingerprint density at radius 2 is 1.96 bits per heavy atom. The molecule has 2 aliphatic rings. The minimum atomic E-state index is 0.0444. The molecule has 2 aromatic rings. The van der Waals surface area contributed by atoms with Gasteiger partial charge in [0.25, 0.3) is 5.91 Å². The summed E-state index contributed by atoms with van der Waals surface area (Å²) < 4.78 is 1.97. The van der Waals surface area contributed by atoms with Gasteiger partial charge in [-0.25, -0.2) is 0 Å². The smallest absolute Gasteiger partial charge is 0.274 e. The topological polar surface area (TPSA) is 41.4 Å². The van der Waals surface area contributed by atoms with E-state index < -0.39 is 0 Å². The molecule has 0 N–H and O–H groups in total. The maximum absolute atomic E-state index is 12.7. The van der Waals surface area contributed by atoms with Crippen LogP contribution in [0, 0.1) is 0 Å². The van der Waals surface area contributed by atoms with Gasteiger partial charge in [-0.1, -0.05) is 36.4 Å². The van der Waals surface area contributed by atoms with E-state index in [1.807, 2.05) is 21.7 Å². The molecule has 0 saturated carbocycles. The molecule has 0 spiro atoms. The van der Waals surface area contributed by atoms with Crippen LogP contribution in [0.3, 0.4) is 0 Å². The fourth-order valence-electron chi connectivity index (χ4n) is 3.43. The van der Waals surface area contributed by atoms with Crippen LogP contribution < -0.4 is 0 Å². The molecule has 1 aromatic heterocycles. The van der Waals surface area contributed by atoms with Gasteiger partial charge in [0.15, 0.2) is 5.69 Å². The number of nitrogens with zero attached hydrogens (tertiary/aromatic N) is 4. The first-order chi connectivity index (χ1) is 11.7. The predicted molar refractivity (Wildman–Crippen MR) is 93.5 cm³/mol. The zero-order chi connectivity index (χ0) is 16.5. The van der Waals surface area contributed by atoms with Crippen LogP contribution in [-0.2, 0) is 13.1 Å². The maximum Gasteiger partial charge on any atom is 0.274 e. The summed E-state index contributed by atoms with van der Waals surface area (Å²) in [7, 11) is 2.10. The molecule has 1 aromatic carbocycles. The van der Waals surface area contributed by atoms with Crippen molar-refractivity contribution in [2.75, 3.05) is 26.7 Å². The Kier molecular flexibility index (Phi) is 3.94. The Morgan fingerprint density at radius 1 is 1.12 bits per heavy atom. The number of carbonyl (C=O) groups is 1. The van der Waals surface area contributed by atoms with Gasteiger partial charge in [-0.2, -0.15) is 5.10 Å². The van der Waals surface area contributed by atoms with Gasteiger partial charge in [0.2, 0.25) is 0 Å². The highest BCUT2D eigenvalue weighted by molar-refractivity contribution is 5.93. The van der Waals surface area contributed by atoms with Gasteiger partial charge >= 0.3 is 0 Å². The first kappa shape index (κ1) is 15.1. The quantitative estimate of drug-likeness (QED) is 0.852. The average Bonchev–Trinajstić information content (AvgIpc) is 3.05. The van der Waals surface area contributed by atoms with E-state index in [4.69, 9.17) is 0 Å². The summed E-state index contributed by atoms with van der Waals surface area (Å²) >= 11 is 0. The Hall–Kier alpha value is -2.40. The molecule has 5 heteroatoms. The summed E-state index contributed by atoms with van der Waals surface area (Å²) in [5, 5.41) is 4.52. The van der Waals surface area contributed by atoms with Crippen LogP contribution >= 0.6 is 0 Å². The molecule has 0 unspecified atom stereocenters. The number of aromatic nitrogens is 2. The maximum atomic E-state index is 12.7. The second kappa shape index (κ2) is 6.24. The second-order valence-electron chi connectivity index (χ2n) is 6.58. The zero-order valence-corrected chi connectivity index (χ0v) is 14.0. The van der Waals surface area contributed by atoms with Crippen LogP contribution in [-0.4, -0.2) is 52.2 Å². The molecule has 0 radical (unpaired) electrons. The Balaban J connectivity index is 1.48. The van der Waals surface area contributed by atoms with E-state index in [1.165, 1.54) is 11.1 Å². The van der Waals surface area contributed by atoms with Gasteiger partial charge in [-0.15, -0.1) is 0 Å². The van der Waals surface area contributed by atoms with Gasteiger partial charge in [0.05, 0.1) is 12.2 Å². The molecule has 1 amide bonds. The first-order valence-corrected chi connectivity index (χ1v) is 8.50. The lowest BCUT2D eigenvalue weighted by atomic mass is 9.99. The number of fused-ring (bicyclic) bond motifs is 1. The minimum absolute atomic E-state index is 0.0444. The van der Waals surface area contributed by atoms with E-state index in [0.717, 1.165) is 38.3 Å². The summed E-state index contributed by atoms with van der Waals surface area (Å²) in [5.74, 6) is 0.0444. The first-order valence-electron chi connectivity index (χ1n) is 8.50. The molecule has 24 heavy (non-hydrogen) atoms. The normalized spacial score (nSPS) is 18.2. The van der Waals surface area contributed by atoms with E-state index >= 15 is 0 Å². The van der Waals surface area contributed by atoms with Crippen LogP contribution in [0.15, 0.2) is 42.5 Å². The summed E-state index contributed by atoms with van der Waals surface area (Å²) in [6.07, 6.45) is 3.06. The summed E-state index contributed by atoms with van der Waals surface area (Å²) in [5.41, 5.74) is 4.29. The summed E-state index contributed by atoms with van der Waals surface area (Å²) in [4.78, 5) is 16.9. The predicted octanol–water partition coefficient (Wildman–Crippen LogP) is 2.26. The molecule has 5 nitrogen and oxygen atoms in total. The molecule has 0 fully saturated rings.